The van der Waals surface area contributed by atoms with Gasteiger partial charge < -0.3 is 9.72 Å². The van der Waals surface area contributed by atoms with Crippen molar-refractivity contribution >= 4 is 44.4 Å². The van der Waals surface area contributed by atoms with Gasteiger partial charge in [-0.25, -0.2) is 4.79 Å². The van der Waals surface area contributed by atoms with E-state index in [0.29, 0.717) is 27.2 Å². The Bertz CT molecular complexity index is 981. The molecular formula is C17H11BrClNO3. The van der Waals surface area contributed by atoms with Crippen LogP contribution in [0.4, 0.5) is 0 Å². The number of carbonyl (C=O) groups is 1. The summed E-state index contributed by atoms with van der Waals surface area (Å²) in [6.45, 7) is 0. The van der Waals surface area contributed by atoms with Gasteiger partial charge in [0, 0.05) is 20.9 Å². The normalized spacial score (nSPS) is 10.7. The van der Waals surface area contributed by atoms with Crippen molar-refractivity contribution in [2.24, 2.45) is 0 Å². The van der Waals surface area contributed by atoms with Gasteiger partial charge in [-0.1, -0.05) is 23.7 Å². The van der Waals surface area contributed by atoms with Crippen molar-refractivity contribution in [1.29, 1.82) is 0 Å². The van der Waals surface area contributed by atoms with Crippen LogP contribution in [-0.2, 0) is 4.74 Å². The molecule has 0 fully saturated rings. The van der Waals surface area contributed by atoms with Crippen molar-refractivity contribution in [2.45, 2.75) is 0 Å². The fraction of sp³-hybridized carbons (Fsp3) is 0.0588. The maximum atomic E-state index is 12.4. The first-order valence-electron chi connectivity index (χ1n) is 6.70. The molecule has 0 radical (unpaired) electrons. The Labute approximate surface area is 145 Å². The van der Waals surface area contributed by atoms with Gasteiger partial charge in [0.05, 0.1) is 17.7 Å². The zero-order valence-electron chi connectivity index (χ0n) is 12.0. The molecule has 0 aliphatic heterocycles. The third-order valence-electron chi connectivity index (χ3n) is 3.48. The van der Waals surface area contributed by atoms with E-state index in [1.165, 1.54) is 7.11 Å². The summed E-state index contributed by atoms with van der Waals surface area (Å²) in [6.07, 6.45) is 0. The van der Waals surface area contributed by atoms with Gasteiger partial charge in [-0.3, -0.25) is 4.79 Å². The lowest BCUT2D eigenvalue weighted by Gasteiger charge is -2.07. The summed E-state index contributed by atoms with van der Waals surface area (Å²) in [5.74, 6) is -0.446. The molecule has 0 atom stereocenters. The minimum atomic E-state index is -0.446. The Balaban J connectivity index is 2.20. The number of carbonyl (C=O) groups excluding carboxylic acids is 1. The second-order valence-electron chi connectivity index (χ2n) is 4.94. The highest BCUT2D eigenvalue weighted by atomic mass is 79.9. The maximum Gasteiger partial charge on any atom is 0.337 e. The second-order valence-corrected chi connectivity index (χ2v) is 6.20. The minimum Gasteiger partial charge on any atom is -0.465 e. The van der Waals surface area contributed by atoms with E-state index in [4.69, 9.17) is 16.3 Å². The van der Waals surface area contributed by atoms with Gasteiger partial charge in [-0.15, -0.1) is 0 Å². The number of nitrogens with one attached hydrogen (secondary N) is 1. The maximum absolute atomic E-state index is 12.4. The number of hydrogen-bond acceptors (Lipinski definition) is 3. The second kappa shape index (κ2) is 6.18. The van der Waals surface area contributed by atoms with Crippen molar-refractivity contribution < 1.29 is 9.53 Å². The highest BCUT2D eigenvalue weighted by molar-refractivity contribution is 9.10. The summed E-state index contributed by atoms with van der Waals surface area (Å²) >= 11 is 9.42. The Morgan fingerprint density at radius 2 is 2.00 bits per heavy atom. The number of aromatic amines is 1. The number of ether oxygens (including phenoxy) is 1. The Hall–Kier alpha value is -2.11. The molecule has 2 aromatic carbocycles. The van der Waals surface area contributed by atoms with Crippen molar-refractivity contribution in [3.8, 4) is 11.1 Å². The molecule has 1 heterocycles. The molecule has 0 aliphatic rings. The van der Waals surface area contributed by atoms with Crippen LogP contribution in [0.1, 0.15) is 10.4 Å². The molecule has 0 amide bonds. The number of benzene rings is 2. The zero-order chi connectivity index (χ0) is 16.6. The SMILES string of the molecule is COC(=O)c1cccc(-c2cc3cc(Br)c(Cl)cc3[nH]c2=O)c1. The number of fused-ring (bicyclic) bond motifs is 1. The third-order valence-corrected chi connectivity index (χ3v) is 4.68. The number of esters is 1. The molecule has 3 aromatic rings. The van der Waals surface area contributed by atoms with Crippen LogP contribution in [-0.4, -0.2) is 18.1 Å². The van der Waals surface area contributed by atoms with Gasteiger partial charge >= 0.3 is 5.97 Å². The number of aromatic nitrogens is 1. The number of rotatable bonds is 2. The molecule has 1 N–H and O–H groups in total. The lowest BCUT2D eigenvalue weighted by molar-refractivity contribution is 0.0601. The molecule has 0 saturated heterocycles. The van der Waals surface area contributed by atoms with E-state index in [1.807, 2.05) is 6.07 Å². The highest BCUT2D eigenvalue weighted by Gasteiger charge is 2.11. The third kappa shape index (κ3) is 3.02. The highest BCUT2D eigenvalue weighted by Crippen LogP contribution is 2.28. The summed E-state index contributed by atoms with van der Waals surface area (Å²) in [5.41, 5.74) is 1.90. The molecule has 0 saturated carbocycles. The van der Waals surface area contributed by atoms with Gasteiger partial charge in [-0.2, -0.15) is 0 Å². The van der Waals surface area contributed by atoms with Crippen molar-refractivity contribution in [1.82, 2.24) is 4.98 Å². The molecule has 0 unspecified atom stereocenters. The monoisotopic (exact) mass is 391 g/mol. The number of methoxy groups -OCH3 is 1. The van der Waals surface area contributed by atoms with Crippen LogP contribution in [0.25, 0.3) is 22.0 Å². The Morgan fingerprint density at radius 3 is 2.74 bits per heavy atom. The molecule has 0 spiro atoms. The largest absolute Gasteiger partial charge is 0.465 e. The molecule has 1 aromatic heterocycles. The number of H-pyrrole nitrogens is 1. The fourth-order valence-electron chi connectivity index (χ4n) is 2.35. The molecule has 4 nitrogen and oxygen atoms in total. The van der Waals surface area contributed by atoms with E-state index in [0.717, 1.165) is 9.86 Å². The molecular weight excluding hydrogens is 382 g/mol. The fourth-order valence-corrected chi connectivity index (χ4v) is 2.87. The molecule has 23 heavy (non-hydrogen) atoms. The number of halogens is 2. The summed E-state index contributed by atoms with van der Waals surface area (Å²) in [5, 5.41) is 1.35. The molecule has 0 aliphatic carbocycles. The number of pyridine rings is 1. The summed E-state index contributed by atoms with van der Waals surface area (Å²) in [4.78, 5) is 26.8. The van der Waals surface area contributed by atoms with Crippen LogP contribution in [0, 0.1) is 0 Å². The van der Waals surface area contributed by atoms with Crippen LogP contribution in [0.5, 0.6) is 0 Å². The first-order chi connectivity index (χ1) is 11.0. The Morgan fingerprint density at radius 1 is 1.22 bits per heavy atom. The smallest absolute Gasteiger partial charge is 0.337 e. The topological polar surface area (TPSA) is 59.2 Å². The summed E-state index contributed by atoms with van der Waals surface area (Å²) in [7, 11) is 1.32. The molecule has 6 heteroatoms. The van der Waals surface area contributed by atoms with Gasteiger partial charge in [0.1, 0.15) is 0 Å². The van der Waals surface area contributed by atoms with Crippen LogP contribution in [0.15, 0.2) is 51.7 Å². The van der Waals surface area contributed by atoms with Crippen LogP contribution in [0.2, 0.25) is 5.02 Å². The van der Waals surface area contributed by atoms with E-state index >= 15 is 0 Å². The summed E-state index contributed by atoms with van der Waals surface area (Å²) in [6, 6.07) is 12.1. The van der Waals surface area contributed by atoms with E-state index in [-0.39, 0.29) is 5.56 Å². The average Bonchev–Trinajstić information content (AvgIpc) is 2.55. The van der Waals surface area contributed by atoms with Gasteiger partial charge in [0.2, 0.25) is 0 Å². The average molecular weight is 393 g/mol. The lowest BCUT2D eigenvalue weighted by atomic mass is 10.0. The van der Waals surface area contributed by atoms with Crippen LogP contribution < -0.4 is 5.56 Å². The van der Waals surface area contributed by atoms with Gasteiger partial charge in [0.15, 0.2) is 0 Å². The standard InChI is InChI=1S/C17H11BrClNO3/c1-23-17(22)10-4-2-3-9(5-10)12-6-11-7-13(18)14(19)8-15(11)20-16(12)21/h2-8H,1H3,(H,20,21). The predicted octanol–water partition coefficient (Wildman–Crippen LogP) is 4.40. The van der Waals surface area contributed by atoms with E-state index in [1.54, 1.807) is 36.4 Å². The van der Waals surface area contributed by atoms with Gasteiger partial charge in [-0.05, 0) is 51.8 Å². The minimum absolute atomic E-state index is 0.252. The van der Waals surface area contributed by atoms with Gasteiger partial charge in [0.25, 0.3) is 5.56 Å². The van der Waals surface area contributed by atoms with Crippen LogP contribution >= 0.6 is 27.5 Å². The van der Waals surface area contributed by atoms with Crippen molar-refractivity contribution in [3.05, 3.63) is 67.9 Å². The number of hydrogen-bond donors (Lipinski definition) is 1. The zero-order valence-corrected chi connectivity index (χ0v) is 14.4. The first-order valence-corrected chi connectivity index (χ1v) is 7.87. The lowest BCUT2D eigenvalue weighted by Crippen LogP contribution is -2.09. The molecule has 116 valence electrons. The van der Waals surface area contributed by atoms with E-state index in [2.05, 4.69) is 20.9 Å². The Kier molecular flexibility index (Phi) is 4.24. The molecule has 0 bridgehead atoms. The van der Waals surface area contributed by atoms with E-state index < -0.39 is 5.97 Å². The first kappa shape index (κ1) is 15.8. The van der Waals surface area contributed by atoms with Crippen molar-refractivity contribution in [3.63, 3.8) is 0 Å². The van der Waals surface area contributed by atoms with Crippen molar-refractivity contribution in [2.75, 3.05) is 7.11 Å². The quantitative estimate of drug-likeness (QED) is 0.658. The van der Waals surface area contributed by atoms with E-state index in [9.17, 15) is 9.59 Å². The predicted molar refractivity (Wildman–Crippen MR) is 94.1 cm³/mol. The van der Waals surface area contributed by atoms with Crippen LogP contribution in [0.3, 0.4) is 0 Å². The molecule has 3 rings (SSSR count). The summed E-state index contributed by atoms with van der Waals surface area (Å²) < 4.78 is 5.45.